The Morgan fingerprint density at radius 3 is 2.75 bits per heavy atom. The Morgan fingerprint density at radius 2 is 2.17 bits per heavy atom. The molecule has 2 heterocycles. The van der Waals surface area contributed by atoms with E-state index in [2.05, 4.69) is 21.9 Å². The minimum absolute atomic E-state index is 0.450. The second-order valence-corrected chi connectivity index (χ2v) is 3.25. The largest absolute Gasteiger partial charge is 0.296 e. The molecular formula is C9H13N3. The van der Waals surface area contributed by atoms with Crippen LogP contribution < -0.4 is 0 Å². The molecule has 0 aromatic carbocycles. The molecule has 1 aromatic rings. The van der Waals surface area contributed by atoms with Crippen molar-refractivity contribution in [2.24, 2.45) is 0 Å². The molecule has 0 bridgehead atoms. The van der Waals surface area contributed by atoms with Gasteiger partial charge in [0.05, 0.1) is 6.04 Å². The molecule has 1 aliphatic rings. The molecule has 0 unspecified atom stereocenters. The molecule has 1 aromatic heterocycles. The van der Waals surface area contributed by atoms with Crippen LogP contribution in [0.5, 0.6) is 0 Å². The lowest BCUT2D eigenvalue weighted by molar-refractivity contribution is 0.305. The van der Waals surface area contributed by atoms with E-state index >= 15 is 0 Å². The standard InChI is InChI=1S/C9H13N3/c1-12-7-2-4-8(12)9-10-5-3-6-11-9/h3,5-6,8H,2,4,7H2,1H3/t8-/m1/s1. The highest BCUT2D eigenvalue weighted by atomic mass is 15.2. The van der Waals surface area contributed by atoms with E-state index < -0.39 is 0 Å². The summed E-state index contributed by atoms with van der Waals surface area (Å²) >= 11 is 0. The van der Waals surface area contributed by atoms with Gasteiger partial charge in [0, 0.05) is 12.4 Å². The molecule has 0 aliphatic carbocycles. The monoisotopic (exact) mass is 163 g/mol. The summed E-state index contributed by atoms with van der Waals surface area (Å²) in [7, 11) is 2.13. The highest BCUT2D eigenvalue weighted by Crippen LogP contribution is 2.26. The van der Waals surface area contributed by atoms with Crippen LogP contribution in [-0.4, -0.2) is 28.5 Å². The molecule has 2 rings (SSSR count). The lowest BCUT2D eigenvalue weighted by Gasteiger charge is -2.16. The summed E-state index contributed by atoms with van der Waals surface area (Å²) in [5, 5.41) is 0. The van der Waals surface area contributed by atoms with Crippen molar-refractivity contribution in [1.29, 1.82) is 0 Å². The lowest BCUT2D eigenvalue weighted by atomic mass is 10.2. The molecule has 0 saturated carbocycles. The van der Waals surface area contributed by atoms with Crippen molar-refractivity contribution in [3.05, 3.63) is 24.3 Å². The quantitative estimate of drug-likeness (QED) is 0.623. The molecule has 0 radical (unpaired) electrons. The summed E-state index contributed by atoms with van der Waals surface area (Å²) < 4.78 is 0. The number of aromatic nitrogens is 2. The first-order chi connectivity index (χ1) is 5.88. The molecule has 1 fully saturated rings. The predicted molar refractivity (Wildman–Crippen MR) is 46.6 cm³/mol. The minimum Gasteiger partial charge on any atom is -0.296 e. The highest BCUT2D eigenvalue weighted by molar-refractivity contribution is 4.98. The average molecular weight is 163 g/mol. The maximum Gasteiger partial charge on any atom is 0.145 e. The molecule has 1 atom stereocenters. The normalized spacial score (nSPS) is 24.6. The third kappa shape index (κ3) is 1.32. The minimum atomic E-state index is 0.450. The third-order valence-corrected chi connectivity index (χ3v) is 2.40. The van der Waals surface area contributed by atoms with E-state index in [0.717, 1.165) is 5.82 Å². The summed E-state index contributed by atoms with van der Waals surface area (Å²) in [6, 6.07) is 2.31. The first-order valence-corrected chi connectivity index (χ1v) is 4.35. The Kier molecular flexibility index (Phi) is 2.04. The van der Waals surface area contributed by atoms with E-state index in [0.29, 0.717) is 6.04 Å². The Bertz CT molecular complexity index is 247. The van der Waals surface area contributed by atoms with E-state index in [9.17, 15) is 0 Å². The van der Waals surface area contributed by atoms with Crippen molar-refractivity contribution in [1.82, 2.24) is 14.9 Å². The maximum atomic E-state index is 4.26. The fourth-order valence-corrected chi connectivity index (χ4v) is 1.72. The molecule has 12 heavy (non-hydrogen) atoms. The Labute approximate surface area is 72.4 Å². The van der Waals surface area contributed by atoms with Gasteiger partial charge < -0.3 is 0 Å². The van der Waals surface area contributed by atoms with Crippen LogP contribution in [0.2, 0.25) is 0 Å². The zero-order chi connectivity index (χ0) is 8.39. The van der Waals surface area contributed by atoms with E-state index in [1.165, 1.54) is 19.4 Å². The zero-order valence-electron chi connectivity index (χ0n) is 7.27. The number of hydrogen-bond donors (Lipinski definition) is 0. The Balaban J connectivity index is 2.19. The molecule has 1 saturated heterocycles. The number of rotatable bonds is 1. The number of likely N-dealkylation sites (tertiary alicyclic amines) is 1. The van der Waals surface area contributed by atoms with Gasteiger partial charge in [-0.05, 0) is 32.5 Å². The van der Waals surface area contributed by atoms with Gasteiger partial charge >= 0.3 is 0 Å². The molecule has 3 heteroatoms. The van der Waals surface area contributed by atoms with Crippen LogP contribution >= 0.6 is 0 Å². The van der Waals surface area contributed by atoms with Gasteiger partial charge in [-0.25, -0.2) is 9.97 Å². The van der Waals surface area contributed by atoms with E-state index in [1.807, 2.05) is 18.5 Å². The smallest absolute Gasteiger partial charge is 0.145 e. The van der Waals surface area contributed by atoms with Gasteiger partial charge in [0.2, 0.25) is 0 Å². The molecule has 1 aliphatic heterocycles. The van der Waals surface area contributed by atoms with Crippen molar-refractivity contribution < 1.29 is 0 Å². The topological polar surface area (TPSA) is 29.0 Å². The van der Waals surface area contributed by atoms with E-state index in [-0.39, 0.29) is 0 Å². The summed E-state index contributed by atoms with van der Waals surface area (Å²) in [5.74, 6) is 0.970. The molecule has 64 valence electrons. The third-order valence-electron chi connectivity index (χ3n) is 2.40. The Morgan fingerprint density at radius 1 is 1.42 bits per heavy atom. The fourth-order valence-electron chi connectivity index (χ4n) is 1.72. The molecule has 0 amide bonds. The van der Waals surface area contributed by atoms with Crippen LogP contribution in [0.1, 0.15) is 24.7 Å². The van der Waals surface area contributed by atoms with Gasteiger partial charge in [-0.2, -0.15) is 0 Å². The SMILES string of the molecule is CN1CCC[C@@H]1c1ncccn1. The van der Waals surface area contributed by atoms with Gasteiger partial charge in [0.25, 0.3) is 0 Å². The summed E-state index contributed by atoms with van der Waals surface area (Å²) in [6.07, 6.45) is 6.09. The van der Waals surface area contributed by atoms with Crippen molar-refractivity contribution in [3.8, 4) is 0 Å². The molecule has 0 N–H and O–H groups in total. The van der Waals surface area contributed by atoms with Gasteiger partial charge in [0.1, 0.15) is 5.82 Å². The molecule has 3 nitrogen and oxygen atoms in total. The van der Waals surface area contributed by atoms with Crippen LogP contribution in [-0.2, 0) is 0 Å². The van der Waals surface area contributed by atoms with Gasteiger partial charge in [-0.1, -0.05) is 0 Å². The van der Waals surface area contributed by atoms with Gasteiger partial charge in [-0.15, -0.1) is 0 Å². The average Bonchev–Trinajstić information content (AvgIpc) is 2.53. The Hall–Kier alpha value is -0.960. The first kappa shape index (κ1) is 7.68. The second-order valence-electron chi connectivity index (χ2n) is 3.25. The first-order valence-electron chi connectivity index (χ1n) is 4.35. The highest BCUT2D eigenvalue weighted by Gasteiger charge is 2.24. The summed E-state index contributed by atoms with van der Waals surface area (Å²) in [5.41, 5.74) is 0. The van der Waals surface area contributed by atoms with Crippen LogP contribution in [0.3, 0.4) is 0 Å². The fraction of sp³-hybridized carbons (Fsp3) is 0.556. The van der Waals surface area contributed by atoms with E-state index in [4.69, 9.17) is 0 Å². The van der Waals surface area contributed by atoms with Gasteiger partial charge in [0.15, 0.2) is 0 Å². The van der Waals surface area contributed by atoms with Crippen molar-refractivity contribution in [2.75, 3.05) is 13.6 Å². The molecule has 0 spiro atoms. The number of nitrogens with zero attached hydrogens (tertiary/aromatic N) is 3. The van der Waals surface area contributed by atoms with Crippen molar-refractivity contribution in [2.45, 2.75) is 18.9 Å². The predicted octanol–water partition coefficient (Wildman–Crippen LogP) is 1.24. The summed E-state index contributed by atoms with van der Waals surface area (Å²) in [6.45, 7) is 1.17. The second kappa shape index (κ2) is 3.19. The van der Waals surface area contributed by atoms with Crippen molar-refractivity contribution in [3.63, 3.8) is 0 Å². The van der Waals surface area contributed by atoms with Crippen LogP contribution in [0.4, 0.5) is 0 Å². The van der Waals surface area contributed by atoms with Crippen LogP contribution in [0, 0.1) is 0 Å². The van der Waals surface area contributed by atoms with Crippen LogP contribution in [0.25, 0.3) is 0 Å². The number of hydrogen-bond acceptors (Lipinski definition) is 3. The zero-order valence-corrected chi connectivity index (χ0v) is 7.27. The summed E-state index contributed by atoms with van der Waals surface area (Å²) in [4.78, 5) is 10.8. The van der Waals surface area contributed by atoms with Crippen LogP contribution in [0.15, 0.2) is 18.5 Å². The molecular weight excluding hydrogens is 150 g/mol. The van der Waals surface area contributed by atoms with E-state index in [1.54, 1.807) is 0 Å². The van der Waals surface area contributed by atoms with Gasteiger partial charge in [-0.3, -0.25) is 4.90 Å². The van der Waals surface area contributed by atoms with Crippen molar-refractivity contribution >= 4 is 0 Å². The lowest BCUT2D eigenvalue weighted by Crippen LogP contribution is -2.19. The maximum absolute atomic E-state index is 4.26.